The predicted molar refractivity (Wildman–Crippen MR) is 257 cm³/mol. The highest BCUT2D eigenvalue weighted by molar-refractivity contribution is 7.80. The Morgan fingerprint density at radius 3 is 1.98 bits per heavy atom. The van der Waals surface area contributed by atoms with Crippen LogP contribution in [-0.2, 0) is 5.41 Å². The number of rotatable bonds is 7. The Morgan fingerprint density at radius 2 is 1.17 bits per heavy atom. The Kier molecular flexibility index (Phi) is 9.11. The standard InChI is InChI=1S/C57H45NS/c1-5-15-38(41-20-13-21-43(34-41)47-30-31-52-55(56(47)59)48-23-11-12-25-51(48)57(52,3)4)27-26-37(2)58-53-32-28-42(39-16-7-6-8-17-39)35-49(53)50-36-44(29-33-54(50)58)46-24-14-19-40-18-9-10-22-45(40)46/h5-36,59H,1-4H3/b15-5-,37-26+,38-27+. The van der Waals surface area contributed by atoms with Gasteiger partial charge >= 0.3 is 0 Å². The average molecular weight is 776 g/mol. The average Bonchev–Trinajstić information content (AvgIpc) is 3.73. The summed E-state index contributed by atoms with van der Waals surface area (Å²) in [4.78, 5) is 1.04. The van der Waals surface area contributed by atoms with Crippen molar-refractivity contribution in [1.82, 2.24) is 4.57 Å². The molecule has 1 nitrogen and oxygen atoms in total. The summed E-state index contributed by atoms with van der Waals surface area (Å²) in [5.41, 5.74) is 18.2. The summed E-state index contributed by atoms with van der Waals surface area (Å²) in [5, 5.41) is 5.00. The van der Waals surface area contributed by atoms with Crippen LogP contribution in [0.25, 0.3) is 88.4 Å². The van der Waals surface area contributed by atoms with Gasteiger partial charge in [0, 0.05) is 26.8 Å². The van der Waals surface area contributed by atoms with E-state index in [1.54, 1.807) is 0 Å². The van der Waals surface area contributed by atoms with E-state index in [4.69, 9.17) is 12.6 Å². The Bertz CT molecular complexity index is 3200. The van der Waals surface area contributed by atoms with Crippen molar-refractivity contribution >= 4 is 56.5 Å². The fourth-order valence-corrected chi connectivity index (χ4v) is 9.89. The molecule has 284 valence electrons. The lowest BCUT2D eigenvalue weighted by Crippen LogP contribution is -2.14. The van der Waals surface area contributed by atoms with Gasteiger partial charge in [-0.25, -0.2) is 0 Å². The Balaban J connectivity index is 1.08. The predicted octanol–water partition coefficient (Wildman–Crippen LogP) is 16.1. The molecule has 2 heteroatoms. The van der Waals surface area contributed by atoms with Crippen LogP contribution >= 0.6 is 12.6 Å². The maximum Gasteiger partial charge on any atom is 0.0538 e. The molecule has 0 bridgehead atoms. The SMILES string of the molecule is C\C=C/C(=C\C=C(/C)n1c2ccc(-c3ccccc3)cc2c2cc(-c3cccc4ccccc34)ccc21)c1cccc(-c2ccc3c(c2S)-c2ccccc2C3(C)C)c1. The number of thiol groups is 1. The lowest BCUT2D eigenvalue weighted by Gasteiger charge is -2.22. The first-order chi connectivity index (χ1) is 28.8. The van der Waals surface area contributed by atoms with Crippen molar-refractivity contribution in [3.63, 3.8) is 0 Å². The maximum atomic E-state index is 5.23. The molecular formula is C57H45NS. The summed E-state index contributed by atoms with van der Waals surface area (Å²) in [6.45, 7) is 8.95. The highest BCUT2D eigenvalue weighted by Crippen LogP contribution is 2.52. The van der Waals surface area contributed by atoms with Gasteiger partial charge in [-0.2, -0.15) is 0 Å². The largest absolute Gasteiger partial charge is 0.313 e. The second-order valence-electron chi connectivity index (χ2n) is 16.3. The maximum absolute atomic E-state index is 5.23. The van der Waals surface area contributed by atoms with Crippen molar-refractivity contribution in [2.45, 2.75) is 38.0 Å². The number of hydrogen-bond acceptors (Lipinski definition) is 1. The highest BCUT2D eigenvalue weighted by Gasteiger charge is 2.36. The summed E-state index contributed by atoms with van der Waals surface area (Å²) in [6, 6.07) is 62.1. The van der Waals surface area contributed by atoms with E-state index < -0.39 is 0 Å². The molecule has 0 N–H and O–H groups in total. The molecule has 0 aliphatic heterocycles. The van der Waals surface area contributed by atoms with Gasteiger partial charge in [-0.15, -0.1) is 12.6 Å². The minimum absolute atomic E-state index is 0.0601. The molecule has 0 amide bonds. The second-order valence-corrected chi connectivity index (χ2v) is 16.7. The second kappa shape index (κ2) is 14.6. The van der Waals surface area contributed by atoms with Gasteiger partial charge in [-0.1, -0.05) is 172 Å². The van der Waals surface area contributed by atoms with Crippen LogP contribution in [0.2, 0.25) is 0 Å². The van der Waals surface area contributed by atoms with E-state index in [0.717, 1.165) is 32.9 Å². The summed E-state index contributed by atoms with van der Waals surface area (Å²) in [6.07, 6.45) is 8.86. The third-order valence-electron chi connectivity index (χ3n) is 12.4. The van der Waals surface area contributed by atoms with Crippen molar-refractivity contribution < 1.29 is 0 Å². The zero-order valence-electron chi connectivity index (χ0n) is 33.9. The quantitative estimate of drug-likeness (QED) is 0.122. The minimum Gasteiger partial charge on any atom is -0.313 e. The van der Waals surface area contributed by atoms with Crippen LogP contribution in [0.5, 0.6) is 0 Å². The van der Waals surface area contributed by atoms with Crippen LogP contribution in [0.3, 0.4) is 0 Å². The zero-order valence-corrected chi connectivity index (χ0v) is 34.8. The minimum atomic E-state index is -0.0601. The van der Waals surface area contributed by atoms with Crippen molar-refractivity contribution in [2.24, 2.45) is 0 Å². The Hall–Kier alpha value is -6.61. The third-order valence-corrected chi connectivity index (χ3v) is 12.9. The van der Waals surface area contributed by atoms with Gasteiger partial charge in [0.15, 0.2) is 0 Å². The van der Waals surface area contributed by atoms with Gasteiger partial charge < -0.3 is 4.57 Å². The van der Waals surface area contributed by atoms with Crippen LogP contribution in [0.4, 0.5) is 0 Å². The fourth-order valence-electron chi connectivity index (χ4n) is 9.45. The molecule has 10 rings (SSSR count). The summed E-state index contributed by atoms with van der Waals surface area (Å²) in [7, 11) is 0. The Morgan fingerprint density at radius 1 is 0.525 bits per heavy atom. The van der Waals surface area contributed by atoms with E-state index in [2.05, 4.69) is 226 Å². The van der Waals surface area contributed by atoms with E-state index >= 15 is 0 Å². The molecule has 1 aromatic heterocycles. The number of hydrogen-bond donors (Lipinski definition) is 1. The van der Waals surface area contributed by atoms with Crippen molar-refractivity contribution in [1.29, 1.82) is 0 Å². The third kappa shape index (κ3) is 6.18. The first-order valence-electron chi connectivity index (χ1n) is 20.5. The van der Waals surface area contributed by atoms with Crippen LogP contribution in [0, 0.1) is 0 Å². The van der Waals surface area contributed by atoms with Crippen molar-refractivity contribution in [2.75, 3.05) is 0 Å². The molecular weight excluding hydrogens is 731 g/mol. The van der Waals surface area contributed by atoms with Crippen LogP contribution in [0.1, 0.15) is 44.4 Å². The summed E-state index contributed by atoms with van der Waals surface area (Å²) in [5.74, 6) is 0. The number of nitrogens with zero attached hydrogens (tertiary/aromatic N) is 1. The number of benzene rings is 8. The summed E-state index contributed by atoms with van der Waals surface area (Å²) < 4.78 is 2.42. The smallest absolute Gasteiger partial charge is 0.0538 e. The highest BCUT2D eigenvalue weighted by atomic mass is 32.1. The van der Waals surface area contributed by atoms with E-state index in [-0.39, 0.29) is 5.41 Å². The Labute approximate surface area is 352 Å². The van der Waals surface area contributed by atoms with Crippen LogP contribution < -0.4 is 0 Å². The first-order valence-corrected chi connectivity index (χ1v) is 21.0. The molecule has 0 atom stereocenters. The molecule has 0 saturated carbocycles. The van der Waals surface area contributed by atoms with Gasteiger partial charge in [-0.3, -0.25) is 0 Å². The fraction of sp³-hybridized carbons (Fsp3) is 0.0877. The van der Waals surface area contributed by atoms with E-state index in [1.807, 2.05) is 0 Å². The molecule has 1 aliphatic rings. The molecule has 8 aromatic carbocycles. The van der Waals surface area contributed by atoms with Crippen molar-refractivity contribution in [3.05, 3.63) is 211 Å². The first kappa shape index (κ1) is 36.7. The number of allylic oxidation sites excluding steroid dienone is 6. The molecule has 1 heterocycles. The molecule has 9 aromatic rings. The zero-order chi connectivity index (χ0) is 40.3. The van der Waals surface area contributed by atoms with E-state index in [0.29, 0.717) is 0 Å². The molecule has 0 unspecified atom stereocenters. The molecule has 1 aliphatic carbocycles. The number of aromatic nitrogens is 1. The van der Waals surface area contributed by atoms with Gasteiger partial charge in [0.25, 0.3) is 0 Å². The molecule has 0 radical (unpaired) electrons. The normalized spacial score (nSPS) is 13.8. The van der Waals surface area contributed by atoms with Gasteiger partial charge in [0.2, 0.25) is 0 Å². The monoisotopic (exact) mass is 775 g/mol. The van der Waals surface area contributed by atoms with Crippen LogP contribution in [0.15, 0.2) is 199 Å². The molecule has 0 spiro atoms. The molecule has 59 heavy (non-hydrogen) atoms. The summed E-state index contributed by atoms with van der Waals surface area (Å²) >= 11 is 5.23. The topological polar surface area (TPSA) is 4.93 Å². The number of fused-ring (bicyclic) bond motifs is 7. The van der Waals surface area contributed by atoms with E-state index in [9.17, 15) is 0 Å². The van der Waals surface area contributed by atoms with Gasteiger partial charge in [-0.05, 0) is 128 Å². The lowest BCUT2D eigenvalue weighted by molar-refractivity contribution is 0.660. The lowest BCUT2D eigenvalue weighted by atomic mass is 9.82. The van der Waals surface area contributed by atoms with Crippen molar-refractivity contribution in [3.8, 4) is 44.5 Å². The molecule has 0 saturated heterocycles. The van der Waals surface area contributed by atoms with E-state index in [1.165, 1.54) is 77.1 Å². The van der Waals surface area contributed by atoms with Gasteiger partial charge in [0.05, 0.1) is 11.0 Å². The van der Waals surface area contributed by atoms with Gasteiger partial charge in [0.1, 0.15) is 0 Å². The van der Waals surface area contributed by atoms with Crippen LogP contribution in [-0.4, -0.2) is 4.57 Å². The molecule has 0 fully saturated rings.